The number of rotatable bonds is 3. The smallest absolute Gasteiger partial charge is 0.350 e. The minimum absolute atomic E-state index is 0.0547. The Labute approximate surface area is 134 Å². The van der Waals surface area contributed by atoms with Gasteiger partial charge in [-0.3, -0.25) is 0 Å². The van der Waals surface area contributed by atoms with Crippen molar-refractivity contribution in [1.29, 1.82) is 0 Å². The number of carbonyl (C=O) groups excluding carboxylic acids is 2. The van der Waals surface area contributed by atoms with Crippen molar-refractivity contribution < 1.29 is 29.0 Å². The zero-order chi connectivity index (χ0) is 16.5. The van der Waals surface area contributed by atoms with Crippen molar-refractivity contribution >= 4 is 39.5 Å². The van der Waals surface area contributed by atoms with Crippen molar-refractivity contribution in [1.82, 2.24) is 0 Å². The van der Waals surface area contributed by atoms with E-state index in [0.717, 1.165) is 6.20 Å². The normalized spacial score (nSPS) is 16.6. The van der Waals surface area contributed by atoms with Gasteiger partial charge in [-0.15, -0.1) is 0 Å². The van der Waals surface area contributed by atoms with E-state index in [9.17, 15) is 14.4 Å². The van der Waals surface area contributed by atoms with E-state index in [1.165, 1.54) is 32.0 Å². The average Bonchev–Trinajstić information content (AvgIpc) is 2.38. The fourth-order valence-electron chi connectivity index (χ4n) is 1.70. The predicted molar refractivity (Wildman–Crippen MR) is 79.1 cm³/mol. The minimum atomic E-state index is -1.31. The average molecular weight is 370 g/mol. The first-order valence-corrected chi connectivity index (χ1v) is 6.95. The quantitative estimate of drug-likeness (QED) is 0.478. The second kappa shape index (κ2) is 5.80. The molecule has 0 radical (unpaired) electrons. The molecular formula is C14H12BrNO6. The molecule has 8 heteroatoms. The lowest BCUT2D eigenvalue weighted by atomic mass is 10.2. The molecule has 22 heavy (non-hydrogen) atoms. The first-order chi connectivity index (χ1) is 10.2. The number of anilines is 1. The zero-order valence-corrected chi connectivity index (χ0v) is 13.3. The number of carboxylic acid groups (broad SMARTS) is 1. The Bertz CT molecular complexity index is 673. The molecule has 0 bridgehead atoms. The first-order valence-electron chi connectivity index (χ1n) is 6.16. The van der Waals surface area contributed by atoms with Crippen LogP contribution < -0.4 is 5.32 Å². The van der Waals surface area contributed by atoms with Gasteiger partial charge in [0.2, 0.25) is 0 Å². The van der Waals surface area contributed by atoms with Crippen LogP contribution in [0, 0.1) is 0 Å². The number of carboxylic acids is 1. The number of aromatic carboxylic acids is 1. The summed E-state index contributed by atoms with van der Waals surface area (Å²) in [7, 11) is 0. The molecule has 116 valence electrons. The number of hydrogen-bond acceptors (Lipinski definition) is 6. The fraction of sp³-hybridized carbons (Fsp3) is 0.214. The molecule has 1 aliphatic rings. The number of nitrogens with one attached hydrogen (secondary N) is 1. The molecule has 0 saturated carbocycles. The summed E-state index contributed by atoms with van der Waals surface area (Å²) >= 11 is 3.24. The summed E-state index contributed by atoms with van der Waals surface area (Å²) in [6, 6.07) is 4.30. The van der Waals surface area contributed by atoms with E-state index in [-0.39, 0.29) is 11.1 Å². The number of ether oxygens (including phenoxy) is 2. The van der Waals surface area contributed by atoms with Crippen molar-refractivity contribution in [2.45, 2.75) is 19.6 Å². The molecule has 0 aromatic heterocycles. The van der Waals surface area contributed by atoms with E-state index in [1.54, 1.807) is 0 Å². The molecule has 1 aliphatic heterocycles. The van der Waals surface area contributed by atoms with Gasteiger partial charge in [0, 0.05) is 24.5 Å². The SMILES string of the molecule is CC1(C)OC(=O)C(=CNc2cc(C(=O)O)ccc2Br)C(=O)O1. The topological polar surface area (TPSA) is 102 Å². The molecule has 1 fully saturated rings. The molecule has 1 saturated heterocycles. The van der Waals surface area contributed by atoms with E-state index in [0.29, 0.717) is 10.2 Å². The third kappa shape index (κ3) is 3.45. The minimum Gasteiger partial charge on any atom is -0.478 e. The standard InChI is InChI=1S/C14H12BrNO6/c1-14(2)21-12(19)8(13(20)22-14)6-16-10-5-7(11(17)18)3-4-9(10)15/h3-6,16H,1-2H3,(H,17,18). The monoisotopic (exact) mass is 369 g/mol. The molecule has 2 rings (SSSR count). The molecule has 7 nitrogen and oxygen atoms in total. The lowest BCUT2D eigenvalue weighted by molar-refractivity contribution is -0.222. The highest BCUT2D eigenvalue weighted by molar-refractivity contribution is 9.10. The van der Waals surface area contributed by atoms with Gasteiger partial charge in [-0.2, -0.15) is 0 Å². The number of hydrogen-bond donors (Lipinski definition) is 2. The maximum absolute atomic E-state index is 11.8. The van der Waals surface area contributed by atoms with Crippen LogP contribution in [0.25, 0.3) is 0 Å². The summed E-state index contributed by atoms with van der Waals surface area (Å²) in [4.78, 5) is 34.5. The van der Waals surface area contributed by atoms with Crippen LogP contribution in [-0.4, -0.2) is 28.8 Å². The third-order valence-electron chi connectivity index (χ3n) is 2.70. The van der Waals surface area contributed by atoms with Crippen LogP contribution in [0.2, 0.25) is 0 Å². The van der Waals surface area contributed by atoms with Gasteiger partial charge < -0.3 is 19.9 Å². The molecule has 0 atom stereocenters. The van der Waals surface area contributed by atoms with Gasteiger partial charge >= 0.3 is 17.9 Å². The summed E-state index contributed by atoms with van der Waals surface area (Å²) in [5.74, 6) is -4.05. The summed E-state index contributed by atoms with van der Waals surface area (Å²) in [6.07, 6.45) is 1.12. The van der Waals surface area contributed by atoms with E-state index in [2.05, 4.69) is 21.2 Å². The number of carbonyl (C=O) groups is 3. The van der Waals surface area contributed by atoms with Crippen LogP contribution in [-0.2, 0) is 19.1 Å². The van der Waals surface area contributed by atoms with Gasteiger partial charge in [-0.1, -0.05) is 0 Å². The number of benzene rings is 1. The van der Waals surface area contributed by atoms with Gasteiger partial charge in [0.05, 0.1) is 11.3 Å². The van der Waals surface area contributed by atoms with Crippen molar-refractivity contribution in [3.8, 4) is 0 Å². The largest absolute Gasteiger partial charge is 0.478 e. The van der Waals surface area contributed by atoms with E-state index in [4.69, 9.17) is 14.6 Å². The maximum Gasteiger partial charge on any atom is 0.350 e. The Balaban J connectivity index is 2.25. The summed E-state index contributed by atoms with van der Waals surface area (Å²) in [6.45, 7) is 2.89. The summed E-state index contributed by atoms with van der Waals surface area (Å²) in [5, 5.41) is 11.6. The lowest BCUT2D eigenvalue weighted by Gasteiger charge is -2.29. The van der Waals surface area contributed by atoms with Crippen LogP contribution in [0.15, 0.2) is 34.4 Å². The molecule has 1 aromatic carbocycles. The molecule has 0 unspecified atom stereocenters. The van der Waals surface area contributed by atoms with Crippen LogP contribution in [0.3, 0.4) is 0 Å². The van der Waals surface area contributed by atoms with Crippen molar-refractivity contribution in [2.24, 2.45) is 0 Å². The van der Waals surface area contributed by atoms with Crippen molar-refractivity contribution in [2.75, 3.05) is 5.32 Å². The van der Waals surface area contributed by atoms with E-state index >= 15 is 0 Å². The molecule has 0 amide bonds. The molecule has 0 aliphatic carbocycles. The van der Waals surface area contributed by atoms with E-state index < -0.39 is 23.7 Å². The van der Waals surface area contributed by atoms with E-state index in [1.807, 2.05) is 0 Å². The Morgan fingerprint density at radius 3 is 2.41 bits per heavy atom. The highest BCUT2D eigenvalue weighted by atomic mass is 79.9. The summed E-state index contributed by atoms with van der Waals surface area (Å²) < 4.78 is 10.4. The summed E-state index contributed by atoms with van der Waals surface area (Å²) in [5.41, 5.74) is 0.115. The fourth-order valence-corrected chi connectivity index (χ4v) is 2.06. The van der Waals surface area contributed by atoms with Gasteiger partial charge in [-0.05, 0) is 34.1 Å². The zero-order valence-electron chi connectivity index (χ0n) is 11.7. The van der Waals surface area contributed by atoms with Crippen molar-refractivity contribution in [3.05, 3.63) is 40.0 Å². The molecule has 1 heterocycles. The van der Waals surface area contributed by atoms with Gasteiger partial charge in [0.1, 0.15) is 0 Å². The molecule has 2 N–H and O–H groups in total. The van der Waals surface area contributed by atoms with Crippen LogP contribution in [0.1, 0.15) is 24.2 Å². The Kier molecular flexibility index (Phi) is 4.23. The van der Waals surface area contributed by atoms with Crippen LogP contribution in [0.5, 0.6) is 0 Å². The molecular weight excluding hydrogens is 358 g/mol. The second-order valence-corrected chi connectivity index (χ2v) is 5.74. The van der Waals surface area contributed by atoms with Crippen molar-refractivity contribution in [3.63, 3.8) is 0 Å². The van der Waals surface area contributed by atoms with Gasteiger partial charge in [0.15, 0.2) is 5.57 Å². The van der Waals surface area contributed by atoms with Gasteiger partial charge in [-0.25, -0.2) is 14.4 Å². The Hall–Kier alpha value is -2.35. The predicted octanol–water partition coefficient (Wildman–Crippen LogP) is 2.28. The number of esters is 2. The highest BCUT2D eigenvalue weighted by Crippen LogP contribution is 2.26. The third-order valence-corrected chi connectivity index (χ3v) is 3.39. The molecule has 1 aromatic rings. The number of halogens is 1. The first kappa shape index (κ1) is 16.0. The maximum atomic E-state index is 11.8. The van der Waals surface area contributed by atoms with Crippen LogP contribution >= 0.6 is 15.9 Å². The second-order valence-electron chi connectivity index (χ2n) is 4.88. The molecule has 0 spiro atoms. The Morgan fingerprint density at radius 1 is 1.27 bits per heavy atom. The van der Waals surface area contributed by atoms with Crippen LogP contribution in [0.4, 0.5) is 5.69 Å². The number of cyclic esters (lactones) is 2. The highest BCUT2D eigenvalue weighted by Gasteiger charge is 2.38. The van der Waals surface area contributed by atoms with Gasteiger partial charge in [0.25, 0.3) is 5.79 Å². The Morgan fingerprint density at radius 2 is 1.86 bits per heavy atom. The lowest BCUT2D eigenvalue weighted by Crippen LogP contribution is -2.42.